The number of aliphatic hydroxyl groups is 1. The van der Waals surface area contributed by atoms with Crippen LogP contribution in [0.4, 0.5) is 0 Å². The molecule has 2 N–H and O–H groups in total. The van der Waals surface area contributed by atoms with E-state index in [1.165, 1.54) is 5.56 Å². The molecular formula is C14H22N2O2. The van der Waals surface area contributed by atoms with Crippen LogP contribution < -0.4 is 5.32 Å². The molecule has 0 atom stereocenters. The third-order valence-corrected chi connectivity index (χ3v) is 2.91. The molecule has 1 aromatic carbocycles. The maximum atomic E-state index is 11.2. The van der Waals surface area contributed by atoms with Crippen LogP contribution in [0, 0.1) is 0 Å². The summed E-state index contributed by atoms with van der Waals surface area (Å²) >= 11 is 0. The van der Waals surface area contributed by atoms with Gasteiger partial charge in [-0.1, -0.05) is 30.3 Å². The molecule has 1 aromatic rings. The van der Waals surface area contributed by atoms with Crippen molar-refractivity contribution in [1.82, 2.24) is 10.2 Å². The topological polar surface area (TPSA) is 52.6 Å². The third-order valence-electron chi connectivity index (χ3n) is 2.91. The molecule has 1 rings (SSSR count). The van der Waals surface area contributed by atoms with Gasteiger partial charge >= 0.3 is 0 Å². The van der Waals surface area contributed by atoms with Crippen LogP contribution in [0.25, 0.3) is 0 Å². The third kappa shape index (κ3) is 5.80. The molecule has 0 fully saturated rings. The van der Waals surface area contributed by atoms with Crippen molar-refractivity contribution < 1.29 is 9.90 Å². The minimum Gasteiger partial charge on any atom is -0.395 e. The van der Waals surface area contributed by atoms with Gasteiger partial charge in [-0.15, -0.1) is 0 Å². The van der Waals surface area contributed by atoms with Crippen molar-refractivity contribution >= 4 is 5.91 Å². The van der Waals surface area contributed by atoms with E-state index in [2.05, 4.69) is 22.3 Å². The lowest BCUT2D eigenvalue weighted by Crippen LogP contribution is -2.33. The van der Waals surface area contributed by atoms with Crippen molar-refractivity contribution in [3.8, 4) is 0 Å². The second-order valence-corrected chi connectivity index (χ2v) is 4.22. The maximum absolute atomic E-state index is 11.2. The number of carbonyl (C=O) groups is 1. The molecule has 100 valence electrons. The number of hydrogen-bond donors (Lipinski definition) is 2. The van der Waals surface area contributed by atoms with E-state index < -0.39 is 0 Å². The Morgan fingerprint density at radius 2 is 1.94 bits per heavy atom. The standard InChI is InChI=1S/C14H22N2O2/c1-15-14(18)8-10-16(11-12-17)9-7-13-5-3-2-4-6-13/h2-6,17H,7-12H2,1H3,(H,15,18). The minimum atomic E-state index is 0.0395. The Morgan fingerprint density at radius 1 is 1.22 bits per heavy atom. The summed E-state index contributed by atoms with van der Waals surface area (Å²) < 4.78 is 0. The first-order valence-electron chi connectivity index (χ1n) is 6.34. The molecule has 0 aromatic heterocycles. The summed E-state index contributed by atoms with van der Waals surface area (Å²) in [6.45, 7) is 2.29. The molecule has 0 radical (unpaired) electrons. The average Bonchev–Trinajstić information content (AvgIpc) is 2.42. The highest BCUT2D eigenvalue weighted by molar-refractivity contribution is 5.75. The number of nitrogens with one attached hydrogen (secondary N) is 1. The highest BCUT2D eigenvalue weighted by Gasteiger charge is 2.07. The van der Waals surface area contributed by atoms with Gasteiger partial charge in [0.15, 0.2) is 0 Å². The van der Waals surface area contributed by atoms with Gasteiger partial charge in [0, 0.05) is 33.1 Å². The van der Waals surface area contributed by atoms with Crippen molar-refractivity contribution in [1.29, 1.82) is 0 Å². The predicted octanol–water partition coefficient (Wildman–Crippen LogP) is 0.660. The summed E-state index contributed by atoms with van der Waals surface area (Å²) in [6.07, 6.45) is 1.42. The van der Waals surface area contributed by atoms with Gasteiger partial charge in [-0.25, -0.2) is 0 Å². The highest BCUT2D eigenvalue weighted by Crippen LogP contribution is 2.02. The largest absolute Gasteiger partial charge is 0.395 e. The minimum absolute atomic E-state index is 0.0395. The van der Waals surface area contributed by atoms with E-state index >= 15 is 0 Å². The van der Waals surface area contributed by atoms with Gasteiger partial charge in [-0.3, -0.25) is 4.79 Å². The Balaban J connectivity index is 2.35. The quantitative estimate of drug-likeness (QED) is 0.712. The maximum Gasteiger partial charge on any atom is 0.221 e. The van der Waals surface area contributed by atoms with Crippen LogP contribution in [0.15, 0.2) is 30.3 Å². The zero-order valence-electron chi connectivity index (χ0n) is 10.9. The molecule has 0 saturated heterocycles. The molecule has 0 aliphatic carbocycles. The van der Waals surface area contributed by atoms with E-state index in [4.69, 9.17) is 5.11 Å². The molecule has 4 nitrogen and oxygen atoms in total. The molecule has 0 heterocycles. The van der Waals surface area contributed by atoms with Crippen molar-refractivity contribution in [3.63, 3.8) is 0 Å². The summed E-state index contributed by atoms with van der Waals surface area (Å²) in [5.41, 5.74) is 1.28. The van der Waals surface area contributed by atoms with Crippen LogP contribution in [0.1, 0.15) is 12.0 Å². The van der Waals surface area contributed by atoms with Gasteiger partial charge in [0.25, 0.3) is 0 Å². The number of rotatable bonds is 8. The van der Waals surface area contributed by atoms with Gasteiger partial charge in [0.2, 0.25) is 5.91 Å². The number of aliphatic hydroxyl groups excluding tert-OH is 1. The van der Waals surface area contributed by atoms with E-state index in [1.807, 2.05) is 18.2 Å². The van der Waals surface area contributed by atoms with E-state index in [-0.39, 0.29) is 12.5 Å². The Bertz CT molecular complexity index is 341. The van der Waals surface area contributed by atoms with E-state index in [0.29, 0.717) is 19.5 Å². The smallest absolute Gasteiger partial charge is 0.221 e. The molecule has 0 aliphatic heterocycles. The molecule has 0 bridgehead atoms. The summed E-state index contributed by atoms with van der Waals surface area (Å²) in [6, 6.07) is 10.2. The van der Waals surface area contributed by atoms with E-state index in [1.54, 1.807) is 7.05 Å². The lowest BCUT2D eigenvalue weighted by atomic mass is 10.1. The average molecular weight is 250 g/mol. The number of benzene rings is 1. The van der Waals surface area contributed by atoms with Crippen molar-refractivity contribution in [2.24, 2.45) is 0 Å². The van der Waals surface area contributed by atoms with Crippen molar-refractivity contribution in [2.45, 2.75) is 12.8 Å². The Hall–Kier alpha value is -1.39. The summed E-state index contributed by atoms with van der Waals surface area (Å²) in [5.74, 6) is 0.0395. The van der Waals surface area contributed by atoms with Crippen LogP contribution in [-0.2, 0) is 11.2 Å². The second kappa shape index (κ2) is 8.66. The SMILES string of the molecule is CNC(=O)CCN(CCO)CCc1ccccc1. The van der Waals surface area contributed by atoms with Gasteiger partial charge < -0.3 is 15.3 Å². The van der Waals surface area contributed by atoms with Gasteiger partial charge in [0.1, 0.15) is 0 Å². The fourth-order valence-electron chi connectivity index (χ4n) is 1.79. The second-order valence-electron chi connectivity index (χ2n) is 4.22. The molecule has 0 spiro atoms. The summed E-state index contributed by atoms with van der Waals surface area (Å²) in [7, 11) is 1.64. The Labute approximate surface area is 109 Å². The molecule has 4 heteroatoms. The van der Waals surface area contributed by atoms with Gasteiger partial charge in [-0.2, -0.15) is 0 Å². The first kappa shape index (κ1) is 14.7. The van der Waals surface area contributed by atoms with E-state index in [0.717, 1.165) is 13.0 Å². The van der Waals surface area contributed by atoms with Crippen LogP contribution in [0.5, 0.6) is 0 Å². The fraction of sp³-hybridized carbons (Fsp3) is 0.500. The van der Waals surface area contributed by atoms with Crippen molar-refractivity contribution in [2.75, 3.05) is 33.3 Å². The monoisotopic (exact) mass is 250 g/mol. The van der Waals surface area contributed by atoms with Crippen LogP contribution in [-0.4, -0.2) is 49.2 Å². The first-order valence-corrected chi connectivity index (χ1v) is 6.34. The van der Waals surface area contributed by atoms with Crippen molar-refractivity contribution in [3.05, 3.63) is 35.9 Å². The zero-order chi connectivity index (χ0) is 13.2. The lowest BCUT2D eigenvalue weighted by Gasteiger charge is -2.20. The Morgan fingerprint density at radius 3 is 2.56 bits per heavy atom. The van der Waals surface area contributed by atoms with Crippen LogP contribution in [0.3, 0.4) is 0 Å². The predicted molar refractivity (Wildman–Crippen MR) is 72.4 cm³/mol. The first-order chi connectivity index (χ1) is 8.76. The molecule has 0 aliphatic rings. The normalized spacial score (nSPS) is 10.6. The molecule has 1 amide bonds. The van der Waals surface area contributed by atoms with E-state index in [9.17, 15) is 4.79 Å². The zero-order valence-corrected chi connectivity index (χ0v) is 10.9. The molecular weight excluding hydrogens is 228 g/mol. The summed E-state index contributed by atoms with van der Waals surface area (Å²) in [5, 5.41) is 11.6. The number of amides is 1. The summed E-state index contributed by atoms with van der Waals surface area (Å²) in [4.78, 5) is 13.3. The highest BCUT2D eigenvalue weighted by atomic mass is 16.3. The number of hydrogen-bond acceptors (Lipinski definition) is 3. The number of carbonyl (C=O) groups excluding carboxylic acids is 1. The lowest BCUT2D eigenvalue weighted by molar-refractivity contribution is -0.120. The van der Waals surface area contributed by atoms with Gasteiger partial charge in [0.05, 0.1) is 6.61 Å². The number of nitrogens with zero attached hydrogens (tertiary/aromatic N) is 1. The van der Waals surface area contributed by atoms with Crippen LogP contribution in [0.2, 0.25) is 0 Å². The van der Waals surface area contributed by atoms with Crippen LogP contribution >= 0.6 is 0 Å². The fourth-order valence-corrected chi connectivity index (χ4v) is 1.79. The molecule has 18 heavy (non-hydrogen) atoms. The molecule has 0 saturated carbocycles. The Kier molecular flexibility index (Phi) is 7.06. The van der Waals surface area contributed by atoms with Gasteiger partial charge in [-0.05, 0) is 12.0 Å². The molecule has 0 unspecified atom stereocenters.